The summed E-state index contributed by atoms with van der Waals surface area (Å²) in [6.45, 7) is 7.16. The lowest BCUT2D eigenvalue weighted by atomic mass is 10.0. The molecule has 0 N–H and O–H groups in total. The van der Waals surface area contributed by atoms with Crippen molar-refractivity contribution in [1.29, 1.82) is 0 Å². The average molecular weight is 336 g/mol. The Morgan fingerprint density at radius 1 is 0.833 bits per heavy atom. The van der Waals surface area contributed by atoms with Gasteiger partial charge in [-0.25, -0.2) is 4.99 Å². The molecule has 0 atom stereocenters. The van der Waals surface area contributed by atoms with Crippen LogP contribution in [-0.4, -0.2) is 18.0 Å². The molecule has 0 aromatic rings. The summed E-state index contributed by atoms with van der Waals surface area (Å²) in [5.74, 6) is 0.991. The summed E-state index contributed by atoms with van der Waals surface area (Å²) < 4.78 is 5.63. The fourth-order valence-electron chi connectivity index (χ4n) is 3.26. The Morgan fingerprint density at radius 2 is 1.33 bits per heavy atom. The summed E-state index contributed by atoms with van der Waals surface area (Å²) in [4.78, 5) is 4.62. The third kappa shape index (κ3) is 11.7. The van der Waals surface area contributed by atoms with Crippen LogP contribution in [-0.2, 0) is 4.74 Å². The highest BCUT2D eigenvalue weighted by atomic mass is 16.5. The Bertz CT molecular complexity index is 357. The van der Waals surface area contributed by atoms with Crippen LogP contribution in [0.3, 0.4) is 0 Å². The Morgan fingerprint density at radius 3 is 1.79 bits per heavy atom. The third-order valence-electron chi connectivity index (χ3n) is 4.77. The predicted molar refractivity (Wildman–Crippen MR) is 107 cm³/mol. The molecule has 2 nitrogen and oxygen atoms in total. The Kier molecular flexibility index (Phi) is 12.0. The lowest BCUT2D eigenvalue weighted by molar-refractivity contribution is 0.273. The molecule has 0 bridgehead atoms. The van der Waals surface area contributed by atoms with E-state index in [1.807, 2.05) is 0 Å². The highest BCUT2D eigenvalue weighted by Crippen LogP contribution is 2.20. The van der Waals surface area contributed by atoms with Gasteiger partial charge in [-0.05, 0) is 40.0 Å². The first-order valence-electron chi connectivity index (χ1n) is 10.5. The quantitative estimate of drug-likeness (QED) is 0.228. The fourth-order valence-corrected chi connectivity index (χ4v) is 3.26. The molecule has 140 valence electrons. The maximum atomic E-state index is 5.63. The molecule has 1 aliphatic heterocycles. The van der Waals surface area contributed by atoms with Crippen molar-refractivity contribution in [1.82, 2.24) is 0 Å². The summed E-state index contributed by atoms with van der Waals surface area (Å²) in [7, 11) is 0. The first-order chi connectivity index (χ1) is 11.6. The molecule has 0 aromatic carbocycles. The minimum Gasteiger partial charge on any atom is -0.478 e. The van der Waals surface area contributed by atoms with E-state index in [1.54, 1.807) is 0 Å². The van der Waals surface area contributed by atoms with Gasteiger partial charge in [0.05, 0.1) is 5.54 Å². The van der Waals surface area contributed by atoms with Gasteiger partial charge in [0.2, 0.25) is 0 Å². The molecule has 0 fully saturated rings. The van der Waals surface area contributed by atoms with E-state index in [2.05, 4.69) is 37.9 Å². The normalized spacial score (nSPS) is 16.5. The van der Waals surface area contributed by atoms with Crippen molar-refractivity contribution in [2.24, 2.45) is 4.99 Å². The molecule has 1 heterocycles. The first kappa shape index (κ1) is 21.3. The predicted octanol–water partition coefficient (Wildman–Crippen LogP) is 7.23. The van der Waals surface area contributed by atoms with E-state index in [-0.39, 0.29) is 5.54 Å². The second-order valence-electron chi connectivity index (χ2n) is 7.96. The number of hydrogen-bond donors (Lipinski definition) is 0. The number of rotatable bonds is 15. The molecule has 0 saturated carbocycles. The van der Waals surface area contributed by atoms with Crippen LogP contribution in [0.25, 0.3) is 0 Å². The van der Waals surface area contributed by atoms with E-state index < -0.39 is 0 Å². The molecule has 1 aliphatic rings. The van der Waals surface area contributed by atoms with Crippen molar-refractivity contribution in [3.05, 3.63) is 12.2 Å². The second-order valence-corrected chi connectivity index (χ2v) is 7.96. The maximum absolute atomic E-state index is 5.63. The van der Waals surface area contributed by atoms with Gasteiger partial charge in [0.25, 0.3) is 0 Å². The Labute approximate surface area is 151 Å². The summed E-state index contributed by atoms with van der Waals surface area (Å²) in [5, 5.41) is 0. The number of aliphatic imine (C=N–C) groups is 1. The summed E-state index contributed by atoms with van der Waals surface area (Å²) in [5.41, 5.74) is 0.0158. The summed E-state index contributed by atoms with van der Waals surface area (Å²) in [6.07, 6.45) is 23.5. The lowest BCUT2D eigenvalue weighted by Gasteiger charge is -2.07. The van der Waals surface area contributed by atoms with Crippen molar-refractivity contribution < 1.29 is 4.74 Å². The van der Waals surface area contributed by atoms with E-state index in [9.17, 15) is 0 Å². The van der Waals surface area contributed by atoms with Gasteiger partial charge in [0.15, 0.2) is 5.90 Å². The number of nitrogens with zero attached hydrogens (tertiary/aromatic N) is 1. The van der Waals surface area contributed by atoms with Crippen molar-refractivity contribution in [3.63, 3.8) is 0 Å². The Balaban J connectivity index is 1.75. The second kappa shape index (κ2) is 13.5. The van der Waals surface area contributed by atoms with Crippen LogP contribution < -0.4 is 0 Å². The molecular weight excluding hydrogens is 294 g/mol. The minimum atomic E-state index is 0.0158. The van der Waals surface area contributed by atoms with E-state index in [0.717, 1.165) is 18.9 Å². The number of ether oxygens (including phenoxy) is 1. The van der Waals surface area contributed by atoms with Crippen LogP contribution in [0, 0.1) is 0 Å². The van der Waals surface area contributed by atoms with Crippen molar-refractivity contribution >= 4 is 5.90 Å². The topological polar surface area (TPSA) is 21.6 Å². The average Bonchev–Trinajstić information content (AvgIpc) is 2.90. The zero-order valence-electron chi connectivity index (χ0n) is 16.6. The zero-order chi connectivity index (χ0) is 17.5. The van der Waals surface area contributed by atoms with E-state index in [4.69, 9.17) is 4.74 Å². The SMILES string of the molecule is C/C=C\CCCCCCCCCCCCCCC1=NC(C)(C)CO1. The molecule has 24 heavy (non-hydrogen) atoms. The van der Waals surface area contributed by atoms with Crippen molar-refractivity contribution in [2.75, 3.05) is 6.61 Å². The third-order valence-corrected chi connectivity index (χ3v) is 4.77. The molecule has 0 aromatic heterocycles. The van der Waals surface area contributed by atoms with Gasteiger partial charge < -0.3 is 4.74 Å². The molecule has 0 radical (unpaired) electrons. The minimum absolute atomic E-state index is 0.0158. The summed E-state index contributed by atoms with van der Waals surface area (Å²) >= 11 is 0. The molecule has 1 rings (SSSR count). The van der Waals surface area contributed by atoms with Crippen molar-refractivity contribution in [3.8, 4) is 0 Å². The van der Waals surface area contributed by atoms with Crippen molar-refractivity contribution in [2.45, 2.75) is 116 Å². The molecule has 0 unspecified atom stereocenters. The fraction of sp³-hybridized carbons (Fsp3) is 0.864. The van der Waals surface area contributed by atoms with Gasteiger partial charge in [0, 0.05) is 6.42 Å². The van der Waals surface area contributed by atoms with E-state index >= 15 is 0 Å². The van der Waals surface area contributed by atoms with Crippen LogP contribution in [0.5, 0.6) is 0 Å². The van der Waals surface area contributed by atoms with Gasteiger partial charge in [-0.15, -0.1) is 0 Å². The molecule has 0 aliphatic carbocycles. The number of unbranched alkanes of at least 4 members (excludes halogenated alkanes) is 12. The molecule has 2 heteroatoms. The monoisotopic (exact) mass is 335 g/mol. The van der Waals surface area contributed by atoms with Crippen LogP contribution in [0.2, 0.25) is 0 Å². The number of allylic oxidation sites excluding steroid dienone is 2. The van der Waals surface area contributed by atoms with Crippen LogP contribution >= 0.6 is 0 Å². The highest BCUT2D eigenvalue weighted by molar-refractivity contribution is 5.78. The zero-order valence-corrected chi connectivity index (χ0v) is 16.6. The van der Waals surface area contributed by atoms with E-state index in [0.29, 0.717) is 0 Å². The smallest absolute Gasteiger partial charge is 0.183 e. The standard InChI is InChI=1S/C22H41NO/c1-4-5-6-7-8-9-10-11-12-13-14-15-16-17-18-19-21-23-22(2,3)20-24-21/h4-5H,6-20H2,1-3H3/b5-4-. The highest BCUT2D eigenvalue weighted by Gasteiger charge is 2.25. The van der Waals surface area contributed by atoms with Crippen LogP contribution in [0.4, 0.5) is 0 Å². The maximum Gasteiger partial charge on any atom is 0.183 e. The molecule has 0 spiro atoms. The lowest BCUT2D eigenvalue weighted by Crippen LogP contribution is -2.17. The number of hydrogen-bond acceptors (Lipinski definition) is 2. The molecule has 0 amide bonds. The molecule has 0 saturated heterocycles. The van der Waals surface area contributed by atoms with Gasteiger partial charge in [-0.2, -0.15) is 0 Å². The van der Waals surface area contributed by atoms with Gasteiger partial charge >= 0.3 is 0 Å². The van der Waals surface area contributed by atoms with Gasteiger partial charge in [-0.3, -0.25) is 0 Å². The van der Waals surface area contributed by atoms with Crippen LogP contribution in [0.1, 0.15) is 111 Å². The summed E-state index contributed by atoms with van der Waals surface area (Å²) in [6, 6.07) is 0. The Hall–Kier alpha value is -0.790. The largest absolute Gasteiger partial charge is 0.478 e. The van der Waals surface area contributed by atoms with Gasteiger partial charge in [0.1, 0.15) is 6.61 Å². The molecular formula is C22H41NO. The van der Waals surface area contributed by atoms with E-state index in [1.165, 1.54) is 83.5 Å². The van der Waals surface area contributed by atoms with Crippen LogP contribution in [0.15, 0.2) is 17.1 Å². The first-order valence-corrected chi connectivity index (χ1v) is 10.5. The van der Waals surface area contributed by atoms with Gasteiger partial charge in [-0.1, -0.05) is 76.4 Å².